The summed E-state index contributed by atoms with van der Waals surface area (Å²) in [6, 6.07) is -0.825. The van der Waals surface area contributed by atoms with E-state index in [0.29, 0.717) is 6.42 Å². The number of unbranched alkanes of at least 4 members (excludes halogenated alkanes) is 33. The second-order valence-corrected chi connectivity index (χ2v) is 19.4. The highest BCUT2D eigenvalue weighted by Gasteiger charge is 2.44. The van der Waals surface area contributed by atoms with E-state index >= 15 is 0 Å². The van der Waals surface area contributed by atoms with E-state index in [4.69, 9.17) is 9.47 Å². The Morgan fingerprint density at radius 1 is 0.508 bits per heavy atom. The van der Waals surface area contributed by atoms with Crippen molar-refractivity contribution in [2.75, 3.05) is 13.2 Å². The minimum atomic E-state index is -1.57. The second-order valence-electron chi connectivity index (χ2n) is 19.4. The first-order valence-corrected chi connectivity index (χ1v) is 27.7. The molecule has 1 saturated heterocycles. The van der Waals surface area contributed by atoms with Gasteiger partial charge in [-0.15, -0.1) is 0 Å². The molecular weight excluding hydrogens is 815 g/mol. The molecule has 7 atom stereocenters. The smallest absolute Gasteiger partial charge is 0.220 e. The van der Waals surface area contributed by atoms with Crippen LogP contribution in [0.2, 0.25) is 0 Å². The van der Waals surface area contributed by atoms with Gasteiger partial charge in [-0.05, 0) is 44.9 Å². The van der Waals surface area contributed by atoms with Crippen molar-refractivity contribution in [3.63, 3.8) is 0 Å². The number of hydrogen-bond donors (Lipinski definition) is 6. The zero-order chi connectivity index (χ0) is 47.3. The topological polar surface area (TPSA) is 149 Å². The van der Waals surface area contributed by atoms with Gasteiger partial charge in [0.1, 0.15) is 24.4 Å². The maximum absolute atomic E-state index is 13.0. The number of hydrogen-bond acceptors (Lipinski definition) is 8. The largest absolute Gasteiger partial charge is 0.394 e. The summed E-state index contributed by atoms with van der Waals surface area (Å²) in [4.78, 5) is 13.0. The number of ether oxygens (including phenoxy) is 2. The van der Waals surface area contributed by atoms with Crippen LogP contribution in [-0.4, -0.2) is 87.5 Å². The van der Waals surface area contributed by atoms with Gasteiger partial charge >= 0.3 is 0 Å². The molecule has 382 valence electrons. The first-order chi connectivity index (χ1) is 31.8. The highest BCUT2D eigenvalue weighted by atomic mass is 16.7. The summed E-state index contributed by atoms with van der Waals surface area (Å²) in [5.41, 5.74) is 0. The molecule has 1 amide bonds. The van der Waals surface area contributed by atoms with Crippen molar-refractivity contribution in [1.29, 1.82) is 0 Å². The fraction of sp³-hybridized carbons (Fsp3) is 0.875. The van der Waals surface area contributed by atoms with Crippen LogP contribution in [-0.2, 0) is 14.3 Å². The fourth-order valence-corrected chi connectivity index (χ4v) is 8.78. The van der Waals surface area contributed by atoms with Crippen LogP contribution in [0.25, 0.3) is 0 Å². The van der Waals surface area contributed by atoms with Gasteiger partial charge in [0.05, 0.1) is 25.4 Å². The Kier molecular flexibility index (Phi) is 43.6. The summed E-state index contributed by atoms with van der Waals surface area (Å²) >= 11 is 0. The number of aliphatic hydroxyl groups excluding tert-OH is 5. The van der Waals surface area contributed by atoms with Gasteiger partial charge in [-0.1, -0.05) is 243 Å². The predicted octanol–water partition coefficient (Wildman–Crippen LogP) is 13.2. The van der Waals surface area contributed by atoms with Crippen LogP contribution < -0.4 is 5.32 Å². The van der Waals surface area contributed by atoms with Gasteiger partial charge in [0, 0.05) is 6.42 Å². The van der Waals surface area contributed by atoms with E-state index < -0.39 is 49.5 Å². The average Bonchev–Trinajstić information content (AvgIpc) is 3.31. The molecule has 0 aromatic heterocycles. The summed E-state index contributed by atoms with van der Waals surface area (Å²) < 4.78 is 11.2. The summed E-state index contributed by atoms with van der Waals surface area (Å²) in [5.74, 6) is -0.190. The molecule has 0 aromatic rings. The van der Waals surface area contributed by atoms with Gasteiger partial charge in [0.15, 0.2) is 6.29 Å². The summed E-state index contributed by atoms with van der Waals surface area (Å²) in [6.45, 7) is 3.76. The second kappa shape index (κ2) is 46.2. The van der Waals surface area contributed by atoms with Crippen molar-refractivity contribution in [2.24, 2.45) is 0 Å². The minimum absolute atomic E-state index is 0.190. The third kappa shape index (κ3) is 36.1. The number of aliphatic hydroxyl groups is 5. The van der Waals surface area contributed by atoms with E-state index in [1.807, 2.05) is 6.08 Å². The van der Waals surface area contributed by atoms with Crippen LogP contribution in [0.1, 0.15) is 258 Å². The predicted molar refractivity (Wildman–Crippen MR) is 272 cm³/mol. The minimum Gasteiger partial charge on any atom is -0.394 e. The zero-order valence-electron chi connectivity index (χ0n) is 42.3. The van der Waals surface area contributed by atoms with Gasteiger partial charge in [0.2, 0.25) is 5.91 Å². The van der Waals surface area contributed by atoms with Crippen molar-refractivity contribution in [1.82, 2.24) is 5.32 Å². The third-order valence-corrected chi connectivity index (χ3v) is 13.2. The molecule has 1 aliphatic heterocycles. The lowest BCUT2D eigenvalue weighted by molar-refractivity contribution is -0.302. The van der Waals surface area contributed by atoms with Crippen LogP contribution in [0.5, 0.6) is 0 Å². The van der Waals surface area contributed by atoms with Gasteiger partial charge < -0.3 is 40.3 Å². The van der Waals surface area contributed by atoms with E-state index in [0.717, 1.165) is 44.9 Å². The van der Waals surface area contributed by atoms with Crippen LogP contribution in [0, 0.1) is 0 Å². The molecule has 1 aliphatic rings. The molecule has 6 N–H and O–H groups in total. The molecule has 7 unspecified atom stereocenters. The molecule has 9 nitrogen and oxygen atoms in total. The van der Waals surface area contributed by atoms with Gasteiger partial charge in [0.25, 0.3) is 0 Å². The van der Waals surface area contributed by atoms with Gasteiger partial charge in [-0.25, -0.2) is 0 Å². The summed E-state index contributed by atoms with van der Waals surface area (Å²) in [7, 11) is 0. The van der Waals surface area contributed by atoms with Crippen LogP contribution in [0.4, 0.5) is 0 Å². The monoisotopic (exact) mass is 920 g/mol. The lowest BCUT2D eigenvalue weighted by Crippen LogP contribution is -2.60. The first kappa shape index (κ1) is 61.4. The van der Waals surface area contributed by atoms with Gasteiger partial charge in [-0.2, -0.15) is 0 Å². The number of nitrogens with one attached hydrogen (secondary N) is 1. The van der Waals surface area contributed by atoms with Gasteiger partial charge in [-0.3, -0.25) is 4.79 Å². The molecule has 0 radical (unpaired) electrons. The summed E-state index contributed by atoms with van der Waals surface area (Å²) in [5, 5.41) is 54.3. The average molecular weight is 920 g/mol. The maximum Gasteiger partial charge on any atom is 0.220 e. The van der Waals surface area contributed by atoms with Crippen molar-refractivity contribution >= 4 is 5.91 Å². The molecule has 65 heavy (non-hydrogen) atoms. The normalized spacial score (nSPS) is 20.1. The van der Waals surface area contributed by atoms with E-state index in [1.54, 1.807) is 6.08 Å². The Hall–Kier alpha value is -1.59. The fourth-order valence-electron chi connectivity index (χ4n) is 8.78. The Labute approximate surface area is 400 Å². The Balaban J connectivity index is 2.21. The number of allylic oxidation sites excluding steroid dienone is 5. The van der Waals surface area contributed by atoms with E-state index in [2.05, 4.69) is 43.5 Å². The zero-order valence-corrected chi connectivity index (χ0v) is 42.3. The SMILES string of the molecule is CCCCCCCCCCCCCCCCCCCCCC/C=C/CC/C=C/CC/C=C/C(O)C(COC1OC(CO)C(O)C(O)C1O)NC(=O)CCCCCCCCCCCCCC. The summed E-state index contributed by atoms with van der Waals surface area (Å²) in [6.07, 6.45) is 52.3. The lowest BCUT2D eigenvalue weighted by Gasteiger charge is -2.40. The molecular formula is C56H105NO8. The number of carbonyl (C=O) groups excluding carboxylic acids is 1. The van der Waals surface area contributed by atoms with Crippen molar-refractivity contribution < 1.29 is 39.8 Å². The third-order valence-electron chi connectivity index (χ3n) is 13.2. The number of amides is 1. The maximum atomic E-state index is 13.0. The molecule has 0 bridgehead atoms. The first-order valence-electron chi connectivity index (χ1n) is 27.7. The number of rotatable bonds is 47. The van der Waals surface area contributed by atoms with Crippen LogP contribution in [0.15, 0.2) is 36.5 Å². The quantitative estimate of drug-likeness (QED) is 0.0261. The molecule has 0 aliphatic carbocycles. The molecule has 0 aromatic carbocycles. The van der Waals surface area contributed by atoms with Crippen LogP contribution in [0.3, 0.4) is 0 Å². The molecule has 0 saturated carbocycles. The van der Waals surface area contributed by atoms with Crippen molar-refractivity contribution in [3.8, 4) is 0 Å². The van der Waals surface area contributed by atoms with Crippen LogP contribution >= 0.6 is 0 Å². The molecule has 1 fully saturated rings. The molecule has 1 heterocycles. The van der Waals surface area contributed by atoms with Crippen molar-refractivity contribution in [2.45, 2.75) is 301 Å². The van der Waals surface area contributed by atoms with E-state index in [1.165, 1.54) is 193 Å². The Morgan fingerprint density at radius 3 is 1.29 bits per heavy atom. The standard InChI is InChI=1S/C56H105NO8/c1-3-5-7-9-11-13-15-17-18-19-20-21-22-23-24-25-26-27-28-29-30-31-32-33-34-35-37-39-41-43-45-50(59)49(48-64-56-55(63)54(62)53(61)51(47-58)65-56)57-52(60)46-44-42-40-38-36-16-14-12-10-8-6-4-2/h31-32,35,37,43,45,49-51,53-56,58-59,61-63H,3-30,33-34,36,38-42,44,46-48H2,1-2H3,(H,57,60)/b32-31+,37-35+,45-43+. The van der Waals surface area contributed by atoms with E-state index in [-0.39, 0.29) is 12.5 Å². The Morgan fingerprint density at radius 2 is 0.877 bits per heavy atom. The molecule has 0 spiro atoms. The molecule has 9 heteroatoms. The number of carbonyl (C=O) groups is 1. The highest BCUT2D eigenvalue weighted by molar-refractivity contribution is 5.76. The molecule has 1 rings (SSSR count). The van der Waals surface area contributed by atoms with E-state index in [9.17, 15) is 30.3 Å². The van der Waals surface area contributed by atoms with Crippen molar-refractivity contribution in [3.05, 3.63) is 36.5 Å². The lowest BCUT2D eigenvalue weighted by atomic mass is 9.99. The highest BCUT2D eigenvalue weighted by Crippen LogP contribution is 2.23. The Bertz CT molecular complexity index is 1110.